The number of ether oxygens (including phenoxy) is 1. The van der Waals surface area contributed by atoms with E-state index >= 15 is 0 Å². The van der Waals surface area contributed by atoms with Gasteiger partial charge in [0.1, 0.15) is 0 Å². The average Bonchev–Trinajstić information content (AvgIpc) is 2.59. The minimum absolute atomic E-state index is 0.978. The van der Waals surface area contributed by atoms with Crippen molar-refractivity contribution in [1.29, 1.82) is 0 Å². The lowest BCUT2D eigenvalue weighted by molar-refractivity contribution is 0.277. The molecule has 0 radical (unpaired) electrons. The zero-order valence-corrected chi connectivity index (χ0v) is 15.2. The molecule has 0 fully saturated rings. The van der Waals surface area contributed by atoms with Crippen LogP contribution in [-0.2, 0) is 4.74 Å². The van der Waals surface area contributed by atoms with Crippen LogP contribution in [0.25, 0.3) is 22.9 Å². The summed E-state index contributed by atoms with van der Waals surface area (Å²) in [5.74, 6) is 0. The second-order valence-electron chi connectivity index (χ2n) is 3.74. The van der Waals surface area contributed by atoms with Crippen LogP contribution in [0.5, 0.6) is 0 Å². The number of allylic oxidation sites excluding steroid dienone is 1. The maximum absolute atomic E-state index is 4.41. The van der Waals surface area contributed by atoms with Gasteiger partial charge in [0.05, 0.1) is 5.35 Å². The third-order valence-corrected chi connectivity index (χ3v) is 2.43. The van der Waals surface area contributed by atoms with Crippen molar-refractivity contribution in [2.75, 3.05) is 14.2 Å². The van der Waals surface area contributed by atoms with Gasteiger partial charge in [0.15, 0.2) is 0 Å². The topological polar surface area (TPSA) is 22.1 Å². The molecule has 0 aliphatic carbocycles. The predicted molar refractivity (Wildman–Crippen MR) is 101 cm³/mol. The van der Waals surface area contributed by atoms with E-state index in [2.05, 4.69) is 34.5 Å². The molecule has 0 atom stereocenters. The number of benzene rings is 1. The van der Waals surface area contributed by atoms with E-state index in [4.69, 9.17) is 0 Å². The normalized spacial score (nSPS) is 10.5. The molecule has 1 heterocycles. The Hall–Kier alpha value is -1.93. The van der Waals surface area contributed by atoms with Crippen LogP contribution in [0, 0.1) is 0 Å². The first-order chi connectivity index (χ1) is 10.8. The predicted octanol–water partition coefficient (Wildman–Crippen LogP) is 4.32. The number of rotatable bonds is 1. The first-order valence-corrected chi connectivity index (χ1v) is 7.81. The van der Waals surface area contributed by atoms with Crippen molar-refractivity contribution in [2.45, 2.75) is 34.6 Å². The van der Waals surface area contributed by atoms with Crippen molar-refractivity contribution < 1.29 is 4.74 Å². The summed E-state index contributed by atoms with van der Waals surface area (Å²) >= 11 is 0. The Morgan fingerprint density at radius 3 is 2.09 bits per heavy atom. The summed E-state index contributed by atoms with van der Waals surface area (Å²) in [7, 11) is 3.25. The Kier molecular flexibility index (Phi) is 15.7. The van der Waals surface area contributed by atoms with Crippen LogP contribution in [0.15, 0.2) is 43.1 Å². The lowest BCUT2D eigenvalue weighted by atomic mass is 10.1. The van der Waals surface area contributed by atoms with E-state index in [9.17, 15) is 0 Å². The molecule has 0 amide bonds. The van der Waals surface area contributed by atoms with Gasteiger partial charge in [0, 0.05) is 31.0 Å². The maximum atomic E-state index is 4.41. The second-order valence-corrected chi connectivity index (χ2v) is 3.74. The molecule has 0 saturated carbocycles. The highest BCUT2D eigenvalue weighted by Crippen LogP contribution is 2.04. The molecule has 0 saturated heterocycles. The first-order valence-electron chi connectivity index (χ1n) is 7.81. The summed E-state index contributed by atoms with van der Waals surface area (Å²) in [6.45, 7) is 13.7. The molecule has 2 heteroatoms. The van der Waals surface area contributed by atoms with Gasteiger partial charge in [-0.05, 0) is 18.4 Å². The van der Waals surface area contributed by atoms with Crippen LogP contribution in [0.4, 0.5) is 0 Å². The Bertz CT molecular complexity index is 630. The molecule has 0 N–H and O–H groups in total. The molecule has 0 unspecified atom stereocenters. The van der Waals surface area contributed by atoms with Gasteiger partial charge in [-0.25, -0.2) is 0 Å². The van der Waals surface area contributed by atoms with Crippen molar-refractivity contribution in [2.24, 2.45) is 0 Å². The van der Waals surface area contributed by atoms with Gasteiger partial charge in [0.2, 0.25) is 0 Å². The SMILES string of the molecule is C=C/C=c1/ncc2ccccc2/c1=C/C.CC.CC.COC. The molecule has 0 spiro atoms. The molecule has 2 nitrogen and oxygen atoms in total. The van der Waals surface area contributed by atoms with Crippen molar-refractivity contribution >= 4 is 22.9 Å². The molecular weight excluding hydrogens is 270 g/mol. The van der Waals surface area contributed by atoms with E-state index in [0.29, 0.717) is 0 Å². The number of fused-ring (bicyclic) bond motifs is 1. The molecule has 22 heavy (non-hydrogen) atoms. The van der Waals surface area contributed by atoms with E-state index in [1.165, 1.54) is 16.0 Å². The summed E-state index contributed by atoms with van der Waals surface area (Å²) in [5, 5.41) is 4.56. The highest BCUT2D eigenvalue weighted by Gasteiger charge is 1.94. The molecule has 2 aromatic rings. The van der Waals surface area contributed by atoms with Crippen LogP contribution in [0.1, 0.15) is 34.6 Å². The van der Waals surface area contributed by atoms with Gasteiger partial charge >= 0.3 is 0 Å². The fourth-order valence-corrected chi connectivity index (χ4v) is 1.75. The van der Waals surface area contributed by atoms with E-state index in [1.54, 1.807) is 20.3 Å². The van der Waals surface area contributed by atoms with Crippen LogP contribution >= 0.6 is 0 Å². The highest BCUT2D eigenvalue weighted by molar-refractivity contribution is 5.82. The van der Waals surface area contributed by atoms with Crippen LogP contribution in [0.3, 0.4) is 0 Å². The fourth-order valence-electron chi connectivity index (χ4n) is 1.75. The van der Waals surface area contributed by atoms with Crippen LogP contribution in [0.2, 0.25) is 0 Å². The standard InChI is InChI=1S/C14H13N.C2H6O.2C2H6/c1-3-7-14-12(4-2)13-9-6-5-8-11(13)10-15-14;1-3-2;2*1-2/h3-10H,1H2,2H3;1-2H3;2*1-2H3/b12-4-,14-7+;;;. The smallest absolute Gasteiger partial charge is 0.0704 e. The number of aromatic nitrogens is 1. The maximum Gasteiger partial charge on any atom is 0.0704 e. The zero-order chi connectivity index (χ0) is 17.4. The molecule has 0 bridgehead atoms. The van der Waals surface area contributed by atoms with Gasteiger partial charge in [-0.2, -0.15) is 0 Å². The number of hydrogen-bond acceptors (Lipinski definition) is 2. The van der Waals surface area contributed by atoms with E-state index in [-0.39, 0.29) is 0 Å². The van der Waals surface area contributed by atoms with Gasteiger partial charge < -0.3 is 4.74 Å². The van der Waals surface area contributed by atoms with Crippen molar-refractivity contribution in [3.05, 3.63) is 53.7 Å². The number of methoxy groups -OCH3 is 1. The molecule has 0 aliphatic heterocycles. The quantitative estimate of drug-likeness (QED) is 0.782. The van der Waals surface area contributed by atoms with Gasteiger partial charge in [-0.15, -0.1) is 0 Å². The minimum Gasteiger partial charge on any atom is -0.388 e. The van der Waals surface area contributed by atoms with Crippen molar-refractivity contribution in [3.8, 4) is 0 Å². The minimum atomic E-state index is 0.978. The lowest BCUT2D eigenvalue weighted by Gasteiger charge is -1.98. The molecular formula is C20H31NO. The fraction of sp³-hybridized carbons (Fsp3) is 0.350. The molecule has 1 aromatic carbocycles. The zero-order valence-electron chi connectivity index (χ0n) is 15.2. The third-order valence-electron chi connectivity index (χ3n) is 2.43. The van der Waals surface area contributed by atoms with Gasteiger partial charge in [0.25, 0.3) is 0 Å². The summed E-state index contributed by atoms with van der Waals surface area (Å²) in [6, 6.07) is 8.27. The molecule has 0 aliphatic rings. The Morgan fingerprint density at radius 1 is 1.05 bits per heavy atom. The van der Waals surface area contributed by atoms with E-state index in [1.807, 2.05) is 59.0 Å². The first kappa shape index (κ1) is 22.4. The van der Waals surface area contributed by atoms with Crippen LogP contribution in [-0.4, -0.2) is 19.2 Å². The average molecular weight is 301 g/mol. The number of pyridine rings is 1. The van der Waals surface area contributed by atoms with E-state index < -0.39 is 0 Å². The lowest BCUT2D eigenvalue weighted by Crippen LogP contribution is -2.28. The van der Waals surface area contributed by atoms with Crippen LogP contribution < -0.4 is 10.6 Å². The molecule has 122 valence electrons. The summed E-state index contributed by atoms with van der Waals surface area (Å²) in [5.41, 5.74) is 0. The largest absolute Gasteiger partial charge is 0.388 e. The molecule has 2 rings (SSSR count). The Labute approximate surface area is 135 Å². The van der Waals surface area contributed by atoms with Crippen molar-refractivity contribution in [3.63, 3.8) is 0 Å². The summed E-state index contributed by atoms with van der Waals surface area (Å²) < 4.78 is 4.25. The number of hydrogen-bond donors (Lipinski definition) is 0. The number of nitrogens with zero attached hydrogens (tertiary/aromatic N) is 1. The summed E-state index contributed by atoms with van der Waals surface area (Å²) in [6.07, 6.45) is 7.69. The monoisotopic (exact) mass is 301 g/mol. The second kappa shape index (κ2) is 15.5. The van der Waals surface area contributed by atoms with Gasteiger partial charge in [-0.3, -0.25) is 4.98 Å². The van der Waals surface area contributed by atoms with Crippen molar-refractivity contribution in [1.82, 2.24) is 4.98 Å². The molecule has 1 aromatic heterocycles. The summed E-state index contributed by atoms with van der Waals surface area (Å²) in [4.78, 5) is 4.41. The van der Waals surface area contributed by atoms with Gasteiger partial charge in [-0.1, -0.05) is 70.7 Å². The Morgan fingerprint density at radius 2 is 1.59 bits per heavy atom. The van der Waals surface area contributed by atoms with E-state index in [0.717, 1.165) is 5.35 Å². The Balaban J connectivity index is 0. The highest BCUT2D eigenvalue weighted by atomic mass is 16.4. The third kappa shape index (κ3) is 7.19.